The number of aryl methyl sites for hydroxylation is 3. The third kappa shape index (κ3) is 4.45. The largest absolute Gasteiger partial charge is 0.462 e. The van der Waals surface area contributed by atoms with Gasteiger partial charge in [-0.3, -0.25) is 0 Å². The van der Waals surface area contributed by atoms with Crippen LogP contribution in [0.15, 0.2) is 66.9 Å². The van der Waals surface area contributed by atoms with E-state index in [1.54, 1.807) is 19.1 Å². The molecule has 0 aromatic heterocycles. The Labute approximate surface area is 163 Å². The van der Waals surface area contributed by atoms with Crippen LogP contribution in [0.25, 0.3) is 11.1 Å². The molecule has 0 unspecified atom stereocenters. The van der Waals surface area contributed by atoms with Crippen LogP contribution in [0.1, 0.15) is 23.6 Å². The smallest absolute Gasteiger partial charge is 0.201 e. The van der Waals surface area contributed by atoms with E-state index in [1.165, 1.54) is 24.5 Å². The van der Waals surface area contributed by atoms with Crippen LogP contribution < -0.4 is 4.74 Å². The maximum Gasteiger partial charge on any atom is 0.201 e. The lowest BCUT2D eigenvalue weighted by atomic mass is 9.99. The van der Waals surface area contributed by atoms with Crippen LogP contribution in [0.5, 0.6) is 5.75 Å². The number of hydrogen-bond donors (Lipinski definition) is 0. The van der Waals surface area contributed by atoms with Gasteiger partial charge < -0.3 is 4.74 Å². The average molecular weight is 382 g/mol. The van der Waals surface area contributed by atoms with Gasteiger partial charge in [-0.15, -0.1) is 0 Å². The summed E-state index contributed by atoms with van der Waals surface area (Å²) in [6, 6.07) is 15.5. The van der Waals surface area contributed by atoms with Gasteiger partial charge in [-0.25, -0.2) is 8.78 Å². The Morgan fingerprint density at radius 1 is 0.857 bits per heavy atom. The normalized spacial score (nSPS) is 11.2. The first-order chi connectivity index (χ1) is 13.5. The van der Waals surface area contributed by atoms with Crippen molar-refractivity contribution >= 4 is 0 Å². The molecule has 0 heterocycles. The summed E-state index contributed by atoms with van der Waals surface area (Å²) in [5, 5.41) is 0. The highest BCUT2D eigenvalue weighted by molar-refractivity contribution is 5.64. The third-order valence-electron chi connectivity index (χ3n) is 4.54. The van der Waals surface area contributed by atoms with Gasteiger partial charge in [0.2, 0.25) is 5.82 Å². The highest BCUT2D eigenvalue weighted by atomic mass is 19.2. The lowest BCUT2D eigenvalue weighted by Crippen LogP contribution is -2.00. The second-order valence-corrected chi connectivity index (χ2v) is 6.62. The van der Waals surface area contributed by atoms with Crippen molar-refractivity contribution in [1.29, 1.82) is 0 Å². The molecular weight excluding hydrogens is 361 g/mol. The third-order valence-corrected chi connectivity index (χ3v) is 4.54. The minimum absolute atomic E-state index is 0.159. The second kappa shape index (κ2) is 8.79. The summed E-state index contributed by atoms with van der Waals surface area (Å²) in [5.74, 6) is -2.44. The Hall–Kier alpha value is -3.01. The standard InChI is InChI=1S/C24H21F3O/c1-3-14-28-22-13-11-19(23(26)24(22)27)10-6-17-7-12-20(21(25)15-17)18-8-4-16(2)5-9-18/h3-5,7-9,11-15H,6,10H2,1-2H3/b14-3+. The highest BCUT2D eigenvalue weighted by Gasteiger charge is 2.14. The molecule has 144 valence electrons. The molecule has 0 saturated heterocycles. The van der Waals surface area contributed by atoms with Crippen molar-refractivity contribution in [2.45, 2.75) is 26.7 Å². The number of benzene rings is 3. The lowest BCUT2D eigenvalue weighted by molar-refractivity contribution is 0.411. The summed E-state index contributed by atoms with van der Waals surface area (Å²) in [7, 11) is 0. The van der Waals surface area contributed by atoms with E-state index in [9.17, 15) is 13.2 Å². The van der Waals surface area contributed by atoms with Gasteiger partial charge in [-0.05, 0) is 55.5 Å². The van der Waals surface area contributed by atoms with Crippen LogP contribution in [0.2, 0.25) is 0 Å². The summed E-state index contributed by atoms with van der Waals surface area (Å²) >= 11 is 0. The molecule has 0 amide bonds. The van der Waals surface area contributed by atoms with Crippen LogP contribution in [-0.4, -0.2) is 0 Å². The number of halogens is 3. The molecule has 0 N–H and O–H groups in total. The molecule has 3 aromatic rings. The second-order valence-electron chi connectivity index (χ2n) is 6.62. The van der Waals surface area contributed by atoms with Gasteiger partial charge in [0.25, 0.3) is 0 Å². The molecule has 28 heavy (non-hydrogen) atoms. The van der Waals surface area contributed by atoms with Gasteiger partial charge in [0.05, 0.1) is 6.26 Å². The first-order valence-electron chi connectivity index (χ1n) is 9.09. The van der Waals surface area contributed by atoms with E-state index in [1.807, 2.05) is 37.3 Å². The molecule has 0 spiro atoms. The van der Waals surface area contributed by atoms with Gasteiger partial charge >= 0.3 is 0 Å². The van der Waals surface area contributed by atoms with E-state index in [0.717, 1.165) is 16.7 Å². The van der Waals surface area contributed by atoms with Crippen molar-refractivity contribution in [3.8, 4) is 16.9 Å². The summed E-state index contributed by atoms with van der Waals surface area (Å²) < 4.78 is 47.8. The molecular formula is C24H21F3O. The topological polar surface area (TPSA) is 9.23 Å². The molecule has 3 rings (SSSR count). The highest BCUT2D eigenvalue weighted by Crippen LogP contribution is 2.26. The zero-order valence-corrected chi connectivity index (χ0v) is 15.8. The zero-order valence-electron chi connectivity index (χ0n) is 15.8. The Morgan fingerprint density at radius 2 is 1.61 bits per heavy atom. The van der Waals surface area contributed by atoms with E-state index in [-0.39, 0.29) is 23.6 Å². The van der Waals surface area contributed by atoms with Gasteiger partial charge in [-0.2, -0.15) is 4.39 Å². The fourth-order valence-electron chi connectivity index (χ4n) is 2.96. The molecule has 0 atom stereocenters. The van der Waals surface area contributed by atoms with Crippen LogP contribution in [0.4, 0.5) is 13.2 Å². The SMILES string of the molecule is C/C=C/Oc1ccc(CCc2ccc(-c3ccc(C)cc3)c(F)c2)c(F)c1F. The van der Waals surface area contributed by atoms with Crippen molar-refractivity contribution < 1.29 is 17.9 Å². The number of hydrogen-bond acceptors (Lipinski definition) is 1. The Morgan fingerprint density at radius 3 is 2.29 bits per heavy atom. The van der Waals surface area contributed by atoms with E-state index < -0.39 is 11.6 Å². The minimum Gasteiger partial charge on any atom is -0.462 e. The molecule has 1 nitrogen and oxygen atoms in total. The summed E-state index contributed by atoms with van der Waals surface area (Å²) in [6.07, 6.45) is 3.53. The Balaban J connectivity index is 1.74. The molecule has 4 heteroatoms. The molecule has 0 aliphatic rings. The van der Waals surface area contributed by atoms with Gasteiger partial charge in [0.1, 0.15) is 5.82 Å². The van der Waals surface area contributed by atoms with E-state index in [2.05, 4.69) is 0 Å². The molecule has 0 aliphatic heterocycles. The predicted molar refractivity (Wildman–Crippen MR) is 106 cm³/mol. The van der Waals surface area contributed by atoms with Crippen LogP contribution in [0, 0.1) is 24.4 Å². The van der Waals surface area contributed by atoms with Crippen LogP contribution in [0.3, 0.4) is 0 Å². The van der Waals surface area contributed by atoms with Crippen molar-refractivity contribution in [2.75, 3.05) is 0 Å². The summed E-state index contributed by atoms with van der Waals surface area (Å²) in [6.45, 7) is 3.69. The van der Waals surface area contributed by atoms with Gasteiger partial charge in [0.15, 0.2) is 11.6 Å². The maximum absolute atomic E-state index is 14.5. The fourth-order valence-corrected chi connectivity index (χ4v) is 2.96. The quantitative estimate of drug-likeness (QED) is 0.427. The molecule has 0 radical (unpaired) electrons. The van der Waals surface area contributed by atoms with Crippen LogP contribution >= 0.6 is 0 Å². The van der Waals surface area contributed by atoms with Crippen molar-refractivity contribution in [3.63, 3.8) is 0 Å². The molecule has 0 bridgehead atoms. The minimum atomic E-state index is -1.02. The average Bonchev–Trinajstić information content (AvgIpc) is 2.69. The fraction of sp³-hybridized carbons (Fsp3) is 0.167. The molecule has 0 saturated carbocycles. The molecule has 0 aliphatic carbocycles. The van der Waals surface area contributed by atoms with E-state index in [4.69, 9.17) is 4.74 Å². The van der Waals surface area contributed by atoms with Crippen molar-refractivity contribution in [3.05, 3.63) is 101 Å². The van der Waals surface area contributed by atoms with E-state index in [0.29, 0.717) is 12.0 Å². The molecule has 0 fully saturated rings. The summed E-state index contributed by atoms with van der Waals surface area (Å²) in [4.78, 5) is 0. The maximum atomic E-state index is 14.5. The van der Waals surface area contributed by atoms with Crippen LogP contribution in [-0.2, 0) is 12.8 Å². The predicted octanol–water partition coefficient (Wildman–Crippen LogP) is 6.78. The number of ether oxygens (including phenoxy) is 1. The van der Waals surface area contributed by atoms with E-state index >= 15 is 0 Å². The van der Waals surface area contributed by atoms with Crippen molar-refractivity contribution in [1.82, 2.24) is 0 Å². The lowest BCUT2D eigenvalue weighted by Gasteiger charge is -2.09. The first-order valence-corrected chi connectivity index (χ1v) is 9.09. The monoisotopic (exact) mass is 382 g/mol. The first kappa shape index (κ1) is 19.7. The van der Waals surface area contributed by atoms with Crippen molar-refractivity contribution in [2.24, 2.45) is 0 Å². The zero-order chi connectivity index (χ0) is 20.1. The Kier molecular flexibility index (Phi) is 6.19. The number of allylic oxidation sites excluding steroid dienone is 1. The van der Waals surface area contributed by atoms with Gasteiger partial charge in [0, 0.05) is 5.56 Å². The number of rotatable bonds is 6. The summed E-state index contributed by atoms with van der Waals surface area (Å²) in [5.41, 5.74) is 3.39. The molecule has 3 aromatic carbocycles. The van der Waals surface area contributed by atoms with Gasteiger partial charge in [-0.1, -0.05) is 54.1 Å². The Bertz CT molecular complexity index is 991.